The highest BCUT2D eigenvalue weighted by molar-refractivity contribution is 6.01. The number of carbonyl (C=O) groups excluding carboxylic acids is 1. The Morgan fingerprint density at radius 1 is 1.19 bits per heavy atom. The van der Waals surface area contributed by atoms with Crippen LogP contribution in [0.1, 0.15) is 30.4 Å². The summed E-state index contributed by atoms with van der Waals surface area (Å²) >= 11 is 0. The zero-order chi connectivity index (χ0) is 18.9. The van der Waals surface area contributed by atoms with Crippen molar-refractivity contribution in [1.82, 2.24) is 4.90 Å². The summed E-state index contributed by atoms with van der Waals surface area (Å²) in [7, 11) is 0. The second-order valence-corrected chi connectivity index (χ2v) is 7.28. The lowest BCUT2D eigenvalue weighted by Gasteiger charge is -2.37. The van der Waals surface area contributed by atoms with E-state index >= 15 is 0 Å². The van der Waals surface area contributed by atoms with Crippen molar-refractivity contribution in [2.45, 2.75) is 31.8 Å². The van der Waals surface area contributed by atoms with E-state index in [4.69, 9.17) is 4.84 Å². The summed E-state index contributed by atoms with van der Waals surface area (Å²) in [5, 5.41) is 7.06. The molecule has 27 heavy (non-hydrogen) atoms. The quantitative estimate of drug-likeness (QED) is 0.859. The topological polar surface area (TPSA) is 53.9 Å². The lowest BCUT2D eigenvalue weighted by molar-refractivity contribution is -0.0544. The van der Waals surface area contributed by atoms with Gasteiger partial charge in [-0.25, -0.2) is 9.18 Å². The number of nitrogens with one attached hydrogen (secondary N) is 1. The molecule has 2 heterocycles. The number of anilines is 1. The summed E-state index contributed by atoms with van der Waals surface area (Å²) in [6.07, 6.45) is 2.21. The van der Waals surface area contributed by atoms with Gasteiger partial charge >= 0.3 is 6.03 Å². The van der Waals surface area contributed by atoms with Crippen LogP contribution in [0.5, 0.6) is 0 Å². The maximum absolute atomic E-state index is 13.3. The number of likely N-dealkylation sites (tertiary alicyclic amines) is 1. The van der Waals surface area contributed by atoms with Crippen LogP contribution in [0.2, 0.25) is 0 Å². The molecule has 4 rings (SSSR count). The highest BCUT2D eigenvalue weighted by atomic mass is 19.1. The van der Waals surface area contributed by atoms with E-state index in [2.05, 4.69) is 41.7 Å². The predicted molar refractivity (Wildman–Crippen MR) is 102 cm³/mol. The maximum Gasteiger partial charge on any atom is 0.321 e. The average Bonchev–Trinajstić information content (AvgIpc) is 3.06. The molecule has 2 aliphatic heterocycles. The van der Waals surface area contributed by atoms with Gasteiger partial charge in [0.05, 0.1) is 5.71 Å². The number of benzene rings is 2. The molecule has 0 aromatic heterocycles. The van der Waals surface area contributed by atoms with Crippen molar-refractivity contribution >= 4 is 17.4 Å². The Labute approximate surface area is 157 Å². The van der Waals surface area contributed by atoms with Crippen LogP contribution in [0.25, 0.3) is 0 Å². The monoisotopic (exact) mass is 367 g/mol. The van der Waals surface area contributed by atoms with Crippen molar-refractivity contribution < 1.29 is 14.0 Å². The molecule has 2 amide bonds. The number of hydrogen-bond donors (Lipinski definition) is 1. The maximum atomic E-state index is 13.3. The number of rotatable bonds is 2. The lowest BCUT2D eigenvalue weighted by Crippen LogP contribution is -2.48. The van der Waals surface area contributed by atoms with Crippen molar-refractivity contribution in [2.75, 3.05) is 18.4 Å². The summed E-state index contributed by atoms with van der Waals surface area (Å²) in [5.74, 6) is -0.370. The molecule has 2 aliphatic rings. The fourth-order valence-corrected chi connectivity index (χ4v) is 3.58. The molecule has 0 bridgehead atoms. The molecular formula is C21H22FN3O2. The van der Waals surface area contributed by atoms with Crippen LogP contribution in [0.4, 0.5) is 14.9 Å². The van der Waals surface area contributed by atoms with Gasteiger partial charge in [-0.1, -0.05) is 41.1 Å². The van der Waals surface area contributed by atoms with E-state index < -0.39 is 0 Å². The Bertz CT molecular complexity index is 871. The smallest absolute Gasteiger partial charge is 0.321 e. The number of oxime groups is 1. The third-order valence-electron chi connectivity index (χ3n) is 5.26. The van der Waals surface area contributed by atoms with Crippen molar-refractivity contribution in [2.24, 2.45) is 5.16 Å². The Balaban J connectivity index is 1.34. The zero-order valence-corrected chi connectivity index (χ0v) is 15.2. The minimum absolute atomic E-state index is 0.215. The van der Waals surface area contributed by atoms with Crippen LogP contribution in [-0.4, -0.2) is 35.3 Å². The molecule has 5 nitrogen and oxygen atoms in total. The number of aryl methyl sites for hydroxylation is 1. The Kier molecular flexibility index (Phi) is 4.56. The van der Waals surface area contributed by atoms with Crippen LogP contribution in [-0.2, 0) is 4.84 Å². The van der Waals surface area contributed by atoms with E-state index in [9.17, 15) is 9.18 Å². The summed E-state index contributed by atoms with van der Waals surface area (Å²) in [6.45, 7) is 3.22. The molecule has 0 radical (unpaired) electrons. The van der Waals surface area contributed by atoms with Gasteiger partial charge in [0.15, 0.2) is 0 Å². The van der Waals surface area contributed by atoms with Crippen molar-refractivity contribution in [3.63, 3.8) is 0 Å². The molecular weight excluding hydrogens is 345 g/mol. The molecule has 1 N–H and O–H groups in total. The van der Waals surface area contributed by atoms with Gasteiger partial charge in [0.1, 0.15) is 11.4 Å². The van der Waals surface area contributed by atoms with Crippen LogP contribution in [0, 0.1) is 12.7 Å². The van der Waals surface area contributed by atoms with E-state index in [-0.39, 0.29) is 17.4 Å². The first-order chi connectivity index (χ1) is 13.0. The number of carbonyl (C=O) groups is 1. The molecule has 1 fully saturated rings. The summed E-state index contributed by atoms with van der Waals surface area (Å²) in [5.41, 5.74) is 3.40. The molecule has 2 aromatic rings. The van der Waals surface area contributed by atoms with Gasteiger partial charge in [-0.3, -0.25) is 0 Å². The van der Waals surface area contributed by atoms with E-state index in [0.29, 0.717) is 18.8 Å². The van der Waals surface area contributed by atoms with Crippen LogP contribution < -0.4 is 5.32 Å². The fraction of sp³-hybridized carbons (Fsp3) is 0.333. The van der Waals surface area contributed by atoms with Gasteiger partial charge in [-0.15, -0.1) is 0 Å². The van der Waals surface area contributed by atoms with Gasteiger partial charge in [0.2, 0.25) is 0 Å². The third-order valence-corrected chi connectivity index (χ3v) is 5.26. The molecule has 140 valence electrons. The Morgan fingerprint density at radius 3 is 2.63 bits per heavy atom. The summed E-state index contributed by atoms with van der Waals surface area (Å²) in [4.78, 5) is 20.0. The van der Waals surface area contributed by atoms with E-state index in [1.807, 2.05) is 0 Å². The molecule has 0 unspecified atom stereocenters. The fourth-order valence-electron chi connectivity index (χ4n) is 3.58. The van der Waals surface area contributed by atoms with Gasteiger partial charge in [0, 0.05) is 38.0 Å². The van der Waals surface area contributed by atoms with E-state index in [0.717, 1.165) is 30.5 Å². The number of halogens is 1. The highest BCUT2D eigenvalue weighted by Crippen LogP contribution is 2.36. The average molecular weight is 367 g/mol. The lowest BCUT2D eigenvalue weighted by atomic mass is 9.85. The number of urea groups is 1. The Hall–Kier alpha value is -2.89. The number of hydrogen-bond acceptors (Lipinski definition) is 3. The first-order valence-electron chi connectivity index (χ1n) is 9.17. The first kappa shape index (κ1) is 17.5. The van der Waals surface area contributed by atoms with Crippen molar-refractivity contribution in [1.29, 1.82) is 0 Å². The molecule has 1 saturated heterocycles. The molecule has 0 atom stereocenters. The van der Waals surface area contributed by atoms with Gasteiger partial charge in [-0.05, 0) is 30.7 Å². The summed E-state index contributed by atoms with van der Waals surface area (Å²) in [6, 6.07) is 14.0. The molecule has 2 aromatic carbocycles. The SMILES string of the molecule is Cc1ccc(C2=NOC3(CCN(C(=O)Nc4cccc(F)c4)CC3)C2)cc1. The van der Waals surface area contributed by atoms with Gasteiger partial charge < -0.3 is 15.1 Å². The van der Waals surface area contributed by atoms with E-state index in [1.165, 1.54) is 17.7 Å². The third kappa shape index (κ3) is 3.79. The van der Waals surface area contributed by atoms with Gasteiger partial charge in [0.25, 0.3) is 0 Å². The van der Waals surface area contributed by atoms with Gasteiger partial charge in [-0.2, -0.15) is 0 Å². The molecule has 0 aliphatic carbocycles. The second-order valence-electron chi connectivity index (χ2n) is 7.28. The van der Waals surface area contributed by atoms with Crippen LogP contribution >= 0.6 is 0 Å². The van der Waals surface area contributed by atoms with Crippen molar-refractivity contribution in [3.05, 3.63) is 65.5 Å². The number of piperidine rings is 1. The predicted octanol–water partition coefficient (Wildman–Crippen LogP) is 4.33. The van der Waals surface area contributed by atoms with Crippen LogP contribution in [0.3, 0.4) is 0 Å². The van der Waals surface area contributed by atoms with Crippen molar-refractivity contribution in [3.8, 4) is 0 Å². The molecule has 1 spiro atoms. The number of nitrogens with zero attached hydrogens (tertiary/aromatic N) is 2. The highest BCUT2D eigenvalue weighted by Gasteiger charge is 2.43. The molecule has 0 saturated carbocycles. The normalized spacial score (nSPS) is 18.1. The van der Waals surface area contributed by atoms with Crippen LogP contribution in [0.15, 0.2) is 53.7 Å². The second kappa shape index (κ2) is 7.02. The minimum atomic E-state index is -0.370. The van der Waals surface area contributed by atoms with E-state index in [1.54, 1.807) is 17.0 Å². The minimum Gasteiger partial charge on any atom is -0.388 e. The zero-order valence-electron chi connectivity index (χ0n) is 15.2. The summed E-state index contributed by atoms with van der Waals surface area (Å²) < 4.78 is 13.3. The first-order valence-corrected chi connectivity index (χ1v) is 9.17. The standard InChI is InChI=1S/C21H22FN3O2/c1-15-5-7-16(8-6-15)19-14-21(27-24-19)9-11-25(12-10-21)20(26)23-18-4-2-3-17(22)13-18/h2-8,13H,9-12,14H2,1H3,(H,23,26). The number of amides is 2. The Morgan fingerprint density at radius 2 is 1.93 bits per heavy atom. The largest absolute Gasteiger partial charge is 0.388 e. The molecule has 6 heteroatoms.